The molecular formula is C13H16N2O3S. The quantitative estimate of drug-likeness (QED) is 0.872. The predicted molar refractivity (Wildman–Crippen MR) is 75.5 cm³/mol. The number of carboxylic acid groups (broad SMARTS) is 1. The molecule has 1 aliphatic heterocycles. The van der Waals surface area contributed by atoms with E-state index in [4.69, 9.17) is 5.11 Å². The van der Waals surface area contributed by atoms with E-state index in [1.165, 1.54) is 16.7 Å². The number of amides is 2. The average Bonchev–Trinajstić information content (AvgIpc) is 2.83. The fourth-order valence-electron chi connectivity index (χ4n) is 2.04. The molecule has 1 aliphatic rings. The molecule has 1 unspecified atom stereocenters. The molecule has 2 amide bonds. The fourth-order valence-corrected chi connectivity index (χ4v) is 3.18. The van der Waals surface area contributed by atoms with Crippen molar-refractivity contribution in [2.24, 2.45) is 0 Å². The van der Waals surface area contributed by atoms with Gasteiger partial charge in [0.1, 0.15) is 6.04 Å². The van der Waals surface area contributed by atoms with Gasteiger partial charge in [0.2, 0.25) is 0 Å². The Morgan fingerprint density at radius 3 is 2.58 bits per heavy atom. The third-order valence-corrected chi connectivity index (χ3v) is 4.15. The van der Waals surface area contributed by atoms with E-state index in [0.29, 0.717) is 11.6 Å². The van der Waals surface area contributed by atoms with Crippen LogP contribution < -0.4 is 5.32 Å². The molecule has 0 aromatic heterocycles. The van der Waals surface area contributed by atoms with Gasteiger partial charge in [-0.25, -0.2) is 9.59 Å². The summed E-state index contributed by atoms with van der Waals surface area (Å²) >= 11 is 1.45. The fraction of sp³-hybridized carbons (Fsp3) is 0.385. The van der Waals surface area contributed by atoms with Crippen molar-refractivity contribution in [3.63, 3.8) is 0 Å². The number of anilines is 1. The molecule has 1 fully saturated rings. The molecule has 0 spiro atoms. The monoisotopic (exact) mass is 280 g/mol. The summed E-state index contributed by atoms with van der Waals surface area (Å²) in [5.41, 5.74) is 2.69. The molecule has 0 saturated carbocycles. The molecule has 1 heterocycles. The summed E-state index contributed by atoms with van der Waals surface area (Å²) in [5.74, 6) is -0.106. The third kappa shape index (κ3) is 2.84. The summed E-state index contributed by atoms with van der Waals surface area (Å²) in [4.78, 5) is 24.6. The first-order valence-corrected chi connectivity index (χ1v) is 7.10. The van der Waals surface area contributed by atoms with E-state index in [9.17, 15) is 9.59 Å². The van der Waals surface area contributed by atoms with E-state index < -0.39 is 12.0 Å². The van der Waals surface area contributed by atoms with E-state index >= 15 is 0 Å². The van der Waals surface area contributed by atoms with Crippen molar-refractivity contribution in [3.05, 3.63) is 29.3 Å². The van der Waals surface area contributed by atoms with Gasteiger partial charge in [0.05, 0.1) is 5.88 Å². The van der Waals surface area contributed by atoms with Crippen molar-refractivity contribution >= 4 is 29.4 Å². The largest absolute Gasteiger partial charge is 0.480 e. The molecule has 102 valence electrons. The van der Waals surface area contributed by atoms with Gasteiger partial charge in [-0.15, -0.1) is 11.8 Å². The first kappa shape index (κ1) is 13.7. The Morgan fingerprint density at radius 1 is 1.37 bits per heavy atom. The number of rotatable bonds is 2. The minimum Gasteiger partial charge on any atom is -0.480 e. The van der Waals surface area contributed by atoms with Crippen LogP contribution in [0.15, 0.2) is 18.2 Å². The van der Waals surface area contributed by atoms with Gasteiger partial charge in [0.15, 0.2) is 0 Å². The van der Waals surface area contributed by atoms with Gasteiger partial charge in [-0.05, 0) is 25.0 Å². The maximum Gasteiger partial charge on any atom is 0.327 e. The van der Waals surface area contributed by atoms with Crippen molar-refractivity contribution in [1.82, 2.24) is 4.90 Å². The lowest BCUT2D eigenvalue weighted by molar-refractivity contribution is -0.140. The van der Waals surface area contributed by atoms with Crippen LogP contribution in [-0.2, 0) is 4.79 Å². The number of nitrogens with one attached hydrogen (secondary N) is 1. The van der Waals surface area contributed by atoms with Gasteiger partial charge in [0, 0.05) is 11.4 Å². The highest BCUT2D eigenvalue weighted by molar-refractivity contribution is 7.99. The zero-order valence-corrected chi connectivity index (χ0v) is 11.7. The number of hydrogen-bond acceptors (Lipinski definition) is 3. The van der Waals surface area contributed by atoms with Crippen LogP contribution >= 0.6 is 11.8 Å². The Bertz CT molecular complexity index is 498. The van der Waals surface area contributed by atoms with Crippen molar-refractivity contribution < 1.29 is 14.7 Å². The van der Waals surface area contributed by atoms with Crippen LogP contribution in [0.5, 0.6) is 0 Å². The summed E-state index contributed by atoms with van der Waals surface area (Å²) in [6.07, 6.45) is 0. The van der Waals surface area contributed by atoms with Crippen LogP contribution in [0.3, 0.4) is 0 Å². The zero-order chi connectivity index (χ0) is 14.0. The van der Waals surface area contributed by atoms with Gasteiger partial charge < -0.3 is 15.3 Å². The molecule has 1 saturated heterocycles. The predicted octanol–water partition coefficient (Wildman–Crippen LogP) is 2.29. The molecule has 2 rings (SSSR count). The Hall–Kier alpha value is -1.69. The summed E-state index contributed by atoms with van der Waals surface area (Å²) in [6, 6.07) is 4.65. The minimum atomic E-state index is -0.957. The number of para-hydroxylation sites is 1. The number of carboxylic acids is 1. The number of aliphatic carboxylic acids is 1. The molecule has 1 aromatic carbocycles. The Labute approximate surface area is 116 Å². The number of carbonyl (C=O) groups is 2. The number of aryl methyl sites for hydroxylation is 2. The summed E-state index contributed by atoms with van der Waals surface area (Å²) in [7, 11) is 0. The molecule has 0 bridgehead atoms. The number of benzene rings is 1. The normalized spacial score (nSPS) is 18.4. The number of thioether (sulfide) groups is 1. The smallest absolute Gasteiger partial charge is 0.327 e. The summed E-state index contributed by atoms with van der Waals surface area (Å²) < 4.78 is 0. The SMILES string of the molecule is Cc1cccc(C)c1NC(=O)N1CSCC1C(=O)O. The molecular weight excluding hydrogens is 264 g/mol. The second-order valence-electron chi connectivity index (χ2n) is 4.52. The highest BCUT2D eigenvalue weighted by atomic mass is 32.2. The van der Waals surface area contributed by atoms with Crippen molar-refractivity contribution in [2.75, 3.05) is 16.9 Å². The standard InChI is InChI=1S/C13H16N2O3S/c1-8-4-3-5-9(2)11(8)14-13(18)15-7-19-6-10(15)12(16)17/h3-5,10H,6-7H2,1-2H3,(H,14,18)(H,16,17). The Balaban J connectivity index is 2.15. The molecule has 1 atom stereocenters. The lowest BCUT2D eigenvalue weighted by Gasteiger charge is -2.22. The van der Waals surface area contributed by atoms with Crippen LogP contribution in [0.1, 0.15) is 11.1 Å². The second kappa shape index (κ2) is 5.52. The van der Waals surface area contributed by atoms with Crippen LogP contribution in [0.25, 0.3) is 0 Å². The van der Waals surface area contributed by atoms with Crippen molar-refractivity contribution in [3.8, 4) is 0 Å². The molecule has 2 N–H and O–H groups in total. The number of urea groups is 1. The highest BCUT2D eigenvalue weighted by Crippen LogP contribution is 2.24. The maximum atomic E-state index is 12.2. The van der Waals surface area contributed by atoms with E-state index in [1.807, 2.05) is 32.0 Å². The lowest BCUT2D eigenvalue weighted by Crippen LogP contribution is -2.44. The van der Waals surface area contributed by atoms with Crippen LogP contribution in [0.4, 0.5) is 10.5 Å². The van der Waals surface area contributed by atoms with E-state index in [0.717, 1.165) is 16.8 Å². The lowest BCUT2D eigenvalue weighted by atomic mass is 10.1. The molecule has 19 heavy (non-hydrogen) atoms. The number of hydrogen-bond donors (Lipinski definition) is 2. The van der Waals surface area contributed by atoms with E-state index in [1.54, 1.807) is 0 Å². The van der Waals surface area contributed by atoms with E-state index in [2.05, 4.69) is 5.32 Å². The molecule has 6 heteroatoms. The third-order valence-electron chi connectivity index (χ3n) is 3.14. The van der Waals surface area contributed by atoms with Crippen LogP contribution in [-0.4, -0.2) is 39.7 Å². The highest BCUT2D eigenvalue weighted by Gasteiger charge is 2.34. The van der Waals surface area contributed by atoms with Gasteiger partial charge in [-0.1, -0.05) is 18.2 Å². The number of nitrogens with zero attached hydrogens (tertiary/aromatic N) is 1. The van der Waals surface area contributed by atoms with Gasteiger partial charge in [-0.3, -0.25) is 0 Å². The van der Waals surface area contributed by atoms with Crippen LogP contribution in [0, 0.1) is 13.8 Å². The molecule has 0 aliphatic carbocycles. The minimum absolute atomic E-state index is 0.352. The molecule has 0 radical (unpaired) electrons. The first-order valence-electron chi connectivity index (χ1n) is 5.95. The van der Waals surface area contributed by atoms with E-state index in [-0.39, 0.29) is 6.03 Å². The van der Waals surface area contributed by atoms with Crippen molar-refractivity contribution in [1.29, 1.82) is 0 Å². The van der Waals surface area contributed by atoms with Crippen LogP contribution in [0.2, 0.25) is 0 Å². The van der Waals surface area contributed by atoms with Gasteiger partial charge >= 0.3 is 12.0 Å². The first-order chi connectivity index (χ1) is 9.00. The molecule has 5 nitrogen and oxygen atoms in total. The average molecular weight is 280 g/mol. The molecule has 1 aromatic rings. The van der Waals surface area contributed by atoms with Gasteiger partial charge in [0.25, 0.3) is 0 Å². The summed E-state index contributed by atoms with van der Waals surface area (Å²) in [6.45, 7) is 3.83. The Morgan fingerprint density at radius 2 is 2.00 bits per heavy atom. The number of carbonyl (C=O) groups excluding carboxylic acids is 1. The maximum absolute atomic E-state index is 12.2. The zero-order valence-electron chi connectivity index (χ0n) is 10.8. The van der Waals surface area contributed by atoms with Gasteiger partial charge in [-0.2, -0.15) is 0 Å². The second-order valence-corrected chi connectivity index (χ2v) is 5.52. The summed E-state index contributed by atoms with van der Waals surface area (Å²) in [5, 5.41) is 11.9. The Kier molecular flexibility index (Phi) is 3.99. The topological polar surface area (TPSA) is 69.6 Å². The van der Waals surface area contributed by atoms with Crippen molar-refractivity contribution in [2.45, 2.75) is 19.9 Å².